The second-order valence-electron chi connectivity index (χ2n) is 4.27. The molecule has 1 unspecified atom stereocenters. The first kappa shape index (κ1) is 11.2. The summed E-state index contributed by atoms with van der Waals surface area (Å²) in [5, 5.41) is 11.8. The van der Waals surface area contributed by atoms with Crippen LogP contribution in [0.3, 0.4) is 0 Å². The van der Waals surface area contributed by atoms with Crippen LogP contribution in [0.15, 0.2) is 11.6 Å². The predicted molar refractivity (Wildman–Crippen MR) is 56.2 cm³/mol. The van der Waals surface area contributed by atoms with E-state index in [9.17, 15) is 4.79 Å². The van der Waals surface area contributed by atoms with Gasteiger partial charge in [-0.3, -0.25) is 0 Å². The van der Waals surface area contributed by atoms with E-state index in [-0.39, 0.29) is 0 Å². The summed E-state index contributed by atoms with van der Waals surface area (Å²) < 4.78 is 0. The van der Waals surface area contributed by atoms with Gasteiger partial charge in [-0.25, -0.2) is 4.79 Å². The molecule has 1 fully saturated rings. The van der Waals surface area contributed by atoms with E-state index in [4.69, 9.17) is 5.11 Å². The van der Waals surface area contributed by atoms with Crippen LogP contribution in [-0.4, -0.2) is 24.2 Å². The molecule has 3 heteroatoms. The zero-order valence-electron chi connectivity index (χ0n) is 8.92. The second kappa shape index (κ2) is 5.15. The summed E-state index contributed by atoms with van der Waals surface area (Å²) in [6.45, 7) is 5.77. The highest BCUT2D eigenvalue weighted by Gasteiger charge is 2.27. The molecule has 0 bridgehead atoms. The van der Waals surface area contributed by atoms with E-state index >= 15 is 0 Å². The van der Waals surface area contributed by atoms with Crippen molar-refractivity contribution in [2.45, 2.75) is 26.7 Å². The van der Waals surface area contributed by atoms with Gasteiger partial charge in [-0.2, -0.15) is 0 Å². The molecule has 1 aliphatic rings. The van der Waals surface area contributed by atoms with Crippen LogP contribution in [0.4, 0.5) is 0 Å². The Bertz CT molecular complexity index is 231. The number of hydrogen-bond acceptors (Lipinski definition) is 2. The largest absolute Gasteiger partial charge is 0.478 e. The van der Waals surface area contributed by atoms with Crippen molar-refractivity contribution in [3.63, 3.8) is 0 Å². The maximum Gasteiger partial charge on any atom is 0.328 e. The first-order chi connectivity index (χ1) is 6.59. The third kappa shape index (κ3) is 4.42. The predicted octanol–water partition coefficient (Wildman–Crippen LogP) is 1.65. The van der Waals surface area contributed by atoms with Gasteiger partial charge in [0.25, 0.3) is 0 Å². The molecule has 80 valence electrons. The average Bonchev–Trinajstić information content (AvgIpc) is 2.84. The van der Waals surface area contributed by atoms with Gasteiger partial charge in [0.2, 0.25) is 0 Å². The van der Waals surface area contributed by atoms with Crippen molar-refractivity contribution in [3.8, 4) is 0 Å². The van der Waals surface area contributed by atoms with E-state index in [0.29, 0.717) is 6.54 Å². The minimum Gasteiger partial charge on any atom is -0.478 e. The lowest BCUT2D eigenvalue weighted by Crippen LogP contribution is -2.24. The molecule has 0 aromatic heterocycles. The number of carboxylic acid groups (broad SMARTS) is 1. The van der Waals surface area contributed by atoms with Crippen molar-refractivity contribution in [1.82, 2.24) is 5.32 Å². The van der Waals surface area contributed by atoms with Gasteiger partial charge in [0, 0.05) is 12.6 Å². The molecule has 14 heavy (non-hydrogen) atoms. The number of hydrogen-bond donors (Lipinski definition) is 2. The van der Waals surface area contributed by atoms with Gasteiger partial charge in [-0.05, 0) is 38.1 Å². The fraction of sp³-hybridized carbons (Fsp3) is 0.727. The Hall–Kier alpha value is -0.830. The van der Waals surface area contributed by atoms with Gasteiger partial charge in [-0.15, -0.1) is 0 Å². The van der Waals surface area contributed by atoms with E-state index in [0.717, 1.165) is 24.0 Å². The van der Waals surface area contributed by atoms with Crippen molar-refractivity contribution in [2.24, 2.45) is 11.8 Å². The summed E-state index contributed by atoms with van der Waals surface area (Å²) in [6.07, 6.45) is 3.99. The van der Waals surface area contributed by atoms with Gasteiger partial charge in [0.05, 0.1) is 0 Å². The number of rotatable bonds is 6. The van der Waals surface area contributed by atoms with E-state index < -0.39 is 5.97 Å². The average molecular weight is 197 g/mol. The van der Waals surface area contributed by atoms with Crippen LogP contribution in [0, 0.1) is 11.8 Å². The third-order valence-corrected chi connectivity index (χ3v) is 2.67. The monoisotopic (exact) mass is 197 g/mol. The molecule has 0 radical (unpaired) electrons. The molecule has 0 aliphatic heterocycles. The number of nitrogens with one attached hydrogen (secondary N) is 1. The van der Waals surface area contributed by atoms with Crippen molar-refractivity contribution in [3.05, 3.63) is 11.6 Å². The third-order valence-electron chi connectivity index (χ3n) is 2.67. The highest BCUT2D eigenvalue weighted by Crippen LogP contribution is 2.35. The van der Waals surface area contributed by atoms with Gasteiger partial charge >= 0.3 is 5.97 Å². The SMILES string of the molecule is CC(=CC(=O)O)CNCC(C)C1CC1. The van der Waals surface area contributed by atoms with Gasteiger partial charge in [-0.1, -0.05) is 12.5 Å². The fourth-order valence-corrected chi connectivity index (χ4v) is 1.59. The normalized spacial score (nSPS) is 19.4. The summed E-state index contributed by atoms with van der Waals surface area (Å²) in [4.78, 5) is 10.3. The van der Waals surface area contributed by atoms with Crippen molar-refractivity contribution < 1.29 is 9.90 Å². The van der Waals surface area contributed by atoms with Crippen molar-refractivity contribution >= 4 is 5.97 Å². The van der Waals surface area contributed by atoms with E-state index in [1.54, 1.807) is 0 Å². The summed E-state index contributed by atoms with van der Waals surface area (Å²) >= 11 is 0. The van der Waals surface area contributed by atoms with Gasteiger partial charge in [0.15, 0.2) is 0 Å². The molecule has 1 rings (SSSR count). The molecule has 1 aliphatic carbocycles. The van der Waals surface area contributed by atoms with E-state index in [1.165, 1.54) is 18.9 Å². The highest BCUT2D eigenvalue weighted by atomic mass is 16.4. The van der Waals surface area contributed by atoms with E-state index in [2.05, 4.69) is 12.2 Å². The smallest absolute Gasteiger partial charge is 0.328 e. The molecule has 2 N–H and O–H groups in total. The Kier molecular flexibility index (Phi) is 4.14. The maximum absolute atomic E-state index is 10.3. The Labute approximate surface area is 85.2 Å². The summed E-state index contributed by atoms with van der Waals surface area (Å²) in [5.74, 6) is 0.776. The first-order valence-corrected chi connectivity index (χ1v) is 5.20. The quantitative estimate of drug-likeness (QED) is 0.637. The molecule has 0 aromatic rings. The van der Waals surface area contributed by atoms with Crippen LogP contribution in [0.5, 0.6) is 0 Å². The molecule has 0 saturated heterocycles. The zero-order valence-corrected chi connectivity index (χ0v) is 8.92. The second-order valence-corrected chi connectivity index (χ2v) is 4.27. The molecular formula is C11H19NO2. The topological polar surface area (TPSA) is 49.3 Å². The molecule has 0 amide bonds. The zero-order chi connectivity index (χ0) is 10.6. The molecule has 3 nitrogen and oxygen atoms in total. The van der Waals surface area contributed by atoms with Crippen LogP contribution in [0.1, 0.15) is 26.7 Å². The van der Waals surface area contributed by atoms with Crippen molar-refractivity contribution in [2.75, 3.05) is 13.1 Å². The van der Waals surface area contributed by atoms with Crippen molar-refractivity contribution in [1.29, 1.82) is 0 Å². The lowest BCUT2D eigenvalue weighted by Gasteiger charge is -2.11. The molecule has 0 heterocycles. The number of aliphatic carboxylic acids is 1. The molecule has 1 atom stereocenters. The van der Waals surface area contributed by atoms with E-state index in [1.807, 2.05) is 6.92 Å². The Morgan fingerprint density at radius 2 is 2.29 bits per heavy atom. The minimum absolute atomic E-state index is 0.684. The Balaban J connectivity index is 2.10. The molecule has 0 spiro atoms. The fourth-order valence-electron chi connectivity index (χ4n) is 1.59. The maximum atomic E-state index is 10.3. The van der Waals surface area contributed by atoms with Gasteiger partial charge in [0.1, 0.15) is 0 Å². The Morgan fingerprint density at radius 3 is 2.79 bits per heavy atom. The lowest BCUT2D eigenvalue weighted by molar-refractivity contribution is -0.131. The summed E-state index contributed by atoms with van der Waals surface area (Å²) in [7, 11) is 0. The summed E-state index contributed by atoms with van der Waals surface area (Å²) in [6, 6.07) is 0. The number of carboxylic acids is 1. The highest BCUT2D eigenvalue weighted by molar-refractivity contribution is 5.80. The van der Waals surface area contributed by atoms with Crippen LogP contribution < -0.4 is 5.32 Å². The van der Waals surface area contributed by atoms with Gasteiger partial charge < -0.3 is 10.4 Å². The first-order valence-electron chi connectivity index (χ1n) is 5.20. The van der Waals surface area contributed by atoms with Crippen LogP contribution >= 0.6 is 0 Å². The number of carbonyl (C=O) groups is 1. The van der Waals surface area contributed by atoms with Crippen LogP contribution in [0.2, 0.25) is 0 Å². The minimum atomic E-state index is -0.862. The van der Waals surface area contributed by atoms with Crippen LogP contribution in [0.25, 0.3) is 0 Å². The molecule has 0 aromatic carbocycles. The van der Waals surface area contributed by atoms with Crippen LogP contribution in [-0.2, 0) is 4.79 Å². The molecular weight excluding hydrogens is 178 g/mol. The standard InChI is InChI=1S/C11H19NO2/c1-8(5-11(13)14)6-12-7-9(2)10-3-4-10/h5,9-10,12H,3-4,6-7H2,1-2H3,(H,13,14). The summed E-state index contributed by atoms with van der Waals surface area (Å²) in [5.41, 5.74) is 0.875. The molecule has 1 saturated carbocycles. The lowest BCUT2D eigenvalue weighted by atomic mass is 10.1. The Morgan fingerprint density at radius 1 is 1.64 bits per heavy atom.